The van der Waals surface area contributed by atoms with Crippen molar-refractivity contribution in [3.8, 4) is 0 Å². The molecular weight excluding hydrogens is 204 g/mol. The first kappa shape index (κ1) is 11.9. The average Bonchev–Trinajstić information content (AvgIpc) is 2.41. The molecule has 4 heteroatoms. The SMILES string of the molecule is CCC1(C)NC(C)N(C2CC(OC)C2)C1=O. The molecule has 2 rings (SSSR count). The van der Waals surface area contributed by atoms with Gasteiger partial charge >= 0.3 is 0 Å². The molecule has 1 aliphatic carbocycles. The zero-order valence-corrected chi connectivity index (χ0v) is 10.6. The molecule has 2 fully saturated rings. The van der Waals surface area contributed by atoms with E-state index in [4.69, 9.17) is 4.74 Å². The summed E-state index contributed by atoms with van der Waals surface area (Å²) in [6.45, 7) is 6.12. The van der Waals surface area contributed by atoms with Crippen LogP contribution in [0.5, 0.6) is 0 Å². The molecule has 0 radical (unpaired) electrons. The van der Waals surface area contributed by atoms with E-state index < -0.39 is 0 Å². The highest BCUT2D eigenvalue weighted by Crippen LogP contribution is 2.34. The molecule has 1 amide bonds. The quantitative estimate of drug-likeness (QED) is 0.784. The second-order valence-corrected chi connectivity index (χ2v) is 5.20. The van der Waals surface area contributed by atoms with Crippen LogP contribution in [-0.4, -0.2) is 41.8 Å². The minimum Gasteiger partial charge on any atom is -0.381 e. The minimum absolute atomic E-state index is 0.153. The van der Waals surface area contributed by atoms with Crippen molar-refractivity contribution in [2.24, 2.45) is 0 Å². The van der Waals surface area contributed by atoms with Crippen molar-refractivity contribution in [3.05, 3.63) is 0 Å². The van der Waals surface area contributed by atoms with Crippen LogP contribution in [0, 0.1) is 0 Å². The van der Waals surface area contributed by atoms with Crippen LogP contribution in [0.15, 0.2) is 0 Å². The highest BCUT2D eigenvalue weighted by Gasteiger charge is 2.50. The highest BCUT2D eigenvalue weighted by molar-refractivity contribution is 5.88. The number of rotatable bonds is 3. The summed E-state index contributed by atoms with van der Waals surface area (Å²) in [7, 11) is 1.74. The van der Waals surface area contributed by atoms with E-state index in [-0.39, 0.29) is 17.6 Å². The molecule has 0 aromatic rings. The van der Waals surface area contributed by atoms with Crippen molar-refractivity contribution in [2.45, 2.75) is 63.9 Å². The van der Waals surface area contributed by atoms with Crippen LogP contribution in [0.4, 0.5) is 0 Å². The molecule has 0 spiro atoms. The Morgan fingerprint density at radius 3 is 2.62 bits per heavy atom. The Bertz CT molecular complexity index is 289. The maximum Gasteiger partial charge on any atom is 0.244 e. The lowest BCUT2D eigenvalue weighted by Crippen LogP contribution is -2.52. The van der Waals surface area contributed by atoms with Gasteiger partial charge in [-0.3, -0.25) is 10.1 Å². The van der Waals surface area contributed by atoms with Gasteiger partial charge in [0.15, 0.2) is 0 Å². The topological polar surface area (TPSA) is 41.6 Å². The summed E-state index contributed by atoms with van der Waals surface area (Å²) in [6.07, 6.45) is 3.30. The minimum atomic E-state index is -0.364. The number of methoxy groups -OCH3 is 1. The van der Waals surface area contributed by atoms with Crippen molar-refractivity contribution >= 4 is 5.91 Å². The Labute approximate surface area is 97.3 Å². The molecule has 2 atom stereocenters. The molecule has 1 aliphatic heterocycles. The maximum atomic E-state index is 12.3. The largest absolute Gasteiger partial charge is 0.381 e. The highest BCUT2D eigenvalue weighted by atomic mass is 16.5. The van der Waals surface area contributed by atoms with Gasteiger partial charge < -0.3 is 9.64 Å². The number of nitrogens with zero attached hydrogens (tertiary/aromatic N) is 1. The second-order valence-electron chi connectivity index (χ2n) is 5.20. The number of ether oxygens (including phenoxy) is 1. The second kappa shape index (κ2) is 4.00. The third kappa shape index (κ3) is 1.64. The zero-order chi connectivity index (χ0) is 11.9. The van der Waals surface area contributed by atoms with Gasteiger partial charge in [0.1, 0.15) is 0 Å². The average molecular weight is 226 g/mol. The monoisotopic (exact) mass is 226 g/mol. The van der Waals surface area contributed by atoms with Crippen LogP contribution < -0.4 is 5.32 Å². The molecule has 1 saturated carbocycles. The first-order valence-corrected chi connectivity index (χ1v) is 6.15. The number of hydrogen-bond acceptors (Lipinski definition) is 3. The van der Waals surface area contributed by atoms with Crippen molar-refractivity contribution in [1.82, 2.24) is 10.2 Å². The normalized spacial score (nSPS) is 43.6. The number of carbonyl (C=O) groups is 1. The van der Waals surface area contributed by atoms with Crippen LogP contribution in [0.25, 0.3) is 0 Å². The van der Waals surface area contributed by atoms with Gasteiger partial charge in [-0.05, 0) is 33.1 Å². The van der Waals surface area contributed by atoms with Gasteiger partial charge in [0.25, 0.3) is 0 Å². The van der Waals surface area contributed by atoms with E-state index in [0.29, 0.717) is 12.1 Å². The number of amides is 1. The van der Waals surface area contributed by atoms with Gasteiger partial charge in [-0.15, -0.1) is 0 Å². The molecule has 2 unspecified atom stereocenters. The standard InChI is InChI=1S/C12H22N2O2/c1-5-12(3)11(15)14(8(2)13-12)9-6-10(7-9)16-4/h8-10,13H,5-7H2,1-4H3. The fourth-order valence-electron chi connectivity index (χ4n) is 2.75. The Balaban J connectivity index is 2.04. The Hall–Kier alpha value is -0.610. The summed E-state index contributed by atoms with van der Waals surface area (Å²) in [4.78, 5) is 14.3. The van der Waals surface area contributed by atoms with Gasteiger partial charge in [0, 0.05) is 13.2 Å². The molecular formula is C12H22N2O2. The fraction of sp³-hybridized carbons (Fsp3) is 0.917. The molecule has 92 valence electrons. The van der Waals surface area contributed by atoms with E-state index in [9.17, 15) is 4.79 Å². The van der Waals surface area contributed by atoms with Gasteiger partial charge in [-0.25, -0.2) is 0 Å². The van der Waals surface area contributed by atoms with E-state index >= 15 is 0 Å². The molecule has 0 aromatic carbocycles. The summed E-state index contributed by atoms with van der Waals surface area (Å²) < 4.78 is 5.27. The summed E-state index contributed by atoms with van der Waals surface area (Å²) in [5, 5.41) is 3.40. The number of carbonyl (C=O) groups excluding carboxylic acids is 1. The van der Waals surface area contributed by atoms with Gasteiger partial charge in [0.2, 0.25) is 5.91 Å². The molecule has 1 N–H and O–H groups in total. The van der Waals surface area contributed by atoms with Crippen molar-refractivity contribution in [1.29, 1.82) is 0 Å². The predicted octanol–water partition coefficient (Wildman–Crippen LogP) is 1.11. The van der Waals surface area contributed by atoms with Crippen molar-refractivity contribution in [3.63, 3.8) is 0 Å². The van der Waals surface area contributed by atoms with Crippen LogP contribution in [0.2, 0.25) is 0 Å². The molecule has 0 aromatic heterocycles. The lowest BCUT2D eigenvalue weighted by molar-refractivity contribution is -0.139. The lowest BCUT2D eigenvalue weighted by Gasteiger charge is -2.42. The van der Waals surface area contributed by atoms with Gasteiger partial charge in [-0.2, -0.15) is 0 Å². The Morgan fingerprint density at radius 1 is 1.56 bits per heavy atom. The number of nitrogens with one attached hydrogen (secondary N) is 1. The molecule has 1 saturated heterocycles. The van der Waals surface area contributed by atoms with Crippen LogP contribution in [-0.2, 0) is 9.53 Å². The summed E-state index contributed by atoms with van der Waals surface area (Å²) in [5.74, 6) is 0.252. The van der Waals surface area contributed by atoms with E-state index in [1.165, 1.54) is 0 Å². The third-order valence-corrected chi connectivity index (χ3v) is 4.16. The number of hydrogen-bond donors (Lipinski definition) is 1. The molecule has 4 nitrogen and oxygen atoms in total. The maximum absolute atomic E-state index is 12.3. The third-order valence-electron chi connectivity index (χ3n) is 4.16. The summed E-state index contributed by atoms with van der Waals surface area (Å²) in [5.41, 5.74) is -0.364. The predicted molar refractivity (Wildman–Crippen MR) is 62.0 cm³/mol. The summed E-state index contributed by atoms with van der Waals surface area (Å²) >= 11 is 0. The van der Waals surface area contributed by atoms with Crippen LogP contribution in [0.3, 0.4) is 0 Å². The van der Waals surface area contributed by atoms with Gasteiger partial charge in [0.05, 0.1) is 17.8 Å². The lowest BCUT2D eigenvalue weighted by atomic mass is 9.87. The molecule has 16 heavy (non-hydrogen) atoms. The molecule has 1 heterocycles. The summed E-state index contributed by atoms with van der Waals surface area (Å²) in [6, 6.07) is 0.369. The van der Waals surface area contributed by atoms with E-state index in [1.807, 2.05) is 11.8 Å². The Kier molecular flexibility index (Phi) is 2.97. The molecule has 0 bridgehead atoms. The van der Waals surface area contributed by atoms with Crippen molar-refractivity contribution < 1.29 is 9.53 Å². The smallest absolute Gasteiger partial charge is 0.244 e. The van der Waals surface area contributed by atoms with Crippen LogP contribution >= 0.6 is 0 Å². The van der Waals surface area contributed by atoms with Crippen molar-refractivity contribution in [2.75, 3.05) is 7.11 Å². The van der Waals surface area contributed by atoms with E-state index in [2.05, 4.69) is 19.2 Å². The molecule has 2 aliphatic rings. The van der Waals surface area contributed by atoms with E-state index in [0.717, 1.165) is 19.3 Å². The Morgan fingerprint density at radius 2 is 2.19 bits per heavy atom. The first-order valence-electron chi connectivity index (χ1n) is 6.15. The first-order chi connectivity index (χ1) is 7.51. The fourth-order valence-corrected chi connectivity index (χ4v) is 2.75. The van der Waals surface area contributed by atoms with E-state index in [1.54, 1.807) is 7.11 Å². The van der Waals surface area contributed by atoms with Crippen LogP contribution in [0.1, 0.15) is 40.0 Å². The van der Waals surface area contributed by atoms with Gasteiger partial charge in [-0.1, -0.05) is 6.92 Å². The zero-order valence-electron chi connectivity index (χ0n) is 10.6.